The molecule has 0 rings (SSSR count). The third kappa shape index (κ3) is 37.9. The predicted octanol–water partition coefficient (Wildman–Crippen LogP) is 10.8. The van der Waals surface area contributed by atoms with E-state index in [-0.39, 0.29) is 19.4 Å². The van der Waals surface area contributed by atoms with Crippen molar-refractivity contribution in [1.82, 2.24) is 0 Å². The molecule has 0 aliphatic carbocycles. The van der Waals surface area contributed by atoms with Crippen molar-refractivity contribution in [2.75, 3.05) is 19.8 Å². The molecule has 12 heteroatoms. The van der Waals surface area contributed by atoms with Crippen molar-refractivity contribution < 1.29 is 47.5 Å². The van der Waals surface area contributed by atoms with Crippen LogP contribution in [0.3, 0.4) is 0 Å². The number of ether oxygens (including phenoxy) is 2. The van der Waals surface area contributed by atoms with Gasteiger partial charge in [-0.2, -0.15) is 0 Å². The molecule has 0 aromatic heterocycles. The van der Waals surface area contributed by atoms with Gasteiger partial charge in [-0.15, -0.1) is 0 Å². The largest absolute Gasteiger partial charge is 0.480 e. The first-order valence-corrected chi connectivity index (χ1v) is 22.3. The van der Waals surface area contributed by atoms with Crippen LogP contribution in [-0.4, -0.2) is 59.9 Å². The molecule has 0 aliphatic heterocycles. The van der Waals surface area contributed by atoms with Gasteiger partial charge in [0.05, 0.1) is 19.6 Å². The topological polar surface area (TPSA) is 172 Å². The zero-order valence-electron chi connectivity index (χ0n) is 34.0. The highest BCUT2D eigenvalue weighted by molar-refractivity contribution is 7.47. The number of carboxylic acid groups (broad SMARTS) is 1. The van der Waals surface area contributed by atoms with E-state index in [2.05, 4.69) is 54.8 Å². The fraction of sp³-hybridized carbons (Fsp3) is 0.698. The molecule has 3 unspecified atom stereocenters. The maximum atomic E-state index is 12.5. The van der Waals surface area contributed by atoms with Gasteiger partial charge in [0.1, 0.15) is 12.6 Å². The van der Waals surface area contributed by atoms with Crippen molar-refractivity contribution in [1.29, 1.82) is 0 Å². The van der Waals surface area contributed by atoms with E-state index < -0.39 is 51.1 Å². The minimum atomic E-state index is -4.74. The summed E-state index contributed by atoms with van der Waals surface area (Å²) < 4.78 is 32.5. The smallest absolute Gasteiger partial charge is 0.472 e. The molecular formula is C43H74NO10P. The maximum Gasteiger partial charge on any atom is 0.472 e. The Morgan fingerprint density at radius 1 is 0.582 bits per heavy atom. The summed E-state index contributed by atoms with van der Waals surface area (Å²) in [6, 6.07) is -1.54. The molecule has 0 aliphatic rings. The van der Waals surface area contributed by atoms with Crippen molar-refractivity contribution in [2.24, 2.45) is 5.73 Å². The van der Waals surface area contributed by atoms with Crippen LogP contribution in [0.25, 0.3) is 0 Å². The second kappa shape index (κ2) is 38.1. The summed E-state index contributed by atoms with van der Waals surface area (Å²) in [5.41, 5.74) is 5.32. The fourth-order valence-electron chi connectivity index (χ4n) is 5.32. The number of carboxylic acids is 1. The Morgan fingerprint density at radius 3 is 1.45 bits per heavy atom. The van der Waals surface area contributed by atoms with E-state index in [0.29, 0.717) is 12.8 Å². The molecule has 0 spiro atoms. The first-order valence-electron chi connectivity index (χ1n) is 20.8. The Balaban J connectivity index is 4.50. The summed E-state index contributed by atoms with van der Waals surface area (Å²) in [4.78, 5) is 45.8. The standard InChI is InChI=1S/C43H74NO10P/c1-3-5-7-9-11-13-15-17-19-21-22-24-26-28-30-32-34-41(45)51-36-39(37-52-55(49,50)53-38-40(44)43(47)48)54-42(46)35-33-31-29-27-25-23-20-18-16-14-12-10-8-6-4-2/h6,8,12,14,18,20,25,27,31,33,39-40H,3-5,7,9-11,13,15-17,19,21-24,26,28-30,32,34-38,44H2,1-2H3,(H,47,48)(H,49,50)/b8-6-,14-12-,20-18-,27-25-,33-31-. The number of hydrogen-bond donors (Lipinski definition) is 3. The summed E-state index contributed by atoms with van der Waals surface area (Å²) in [6.45, 7) is 2.58. The highest BCUT2D eigenvalue weighted by Crippen LogP contribution is 2.43. The number of carbonyl (C=O) groups excluding carboxylic acids is 2. The number of allylic oxidation sites excluding steroid dienone is 9. The summed E-state index contributed by atoms with van der Waals surface area (Å²) in [7, 11) is -4.74. The number of aliphatic carboxylic acids is 1. The highest BCUT2D eigenvalue weighted by Gasteiger charge is 2.28. The van der Waals surface area contributed by atoms with Crippen LogP contribution in [0, 0.1) is 0 Å². The Kier molecular flexibility index (Phi) is 36.1. The van der Waals surface area contributed by atoms with Gasteiger partial charge in [-0.05, 0) is 38.5 Å². The summed E-state index contributed by atoms with van der Waals surface area (Å²) in [6.07, 6.45) is 43.2. The number of carbonyl (C=O) groups is 3. The zero-order chi connectivity index (χ0) is 40.7. The molecule has 3 atom stereocenters. The molecule has 55 heavy (non-hydrogen) atoms. The minimum absolute atomic E-state index is 0.0715. The van der Waals surface area contributed by atoms with Crippen LogP contribution in [-0.2, 0) is 37.5 Å². The zero-order valence-corrected chi connectivity index (χ0v) is 34.9. The van der Waals surface area contributed by atoms with Crippen LogP contribution in [0.15, 0.2) is 60.8 Å². The Hall–Kier alpha value is -2.82. The molecule has 0 bridgehead atoms. The van der Waals surface area contributed by atoms with E-state index in [1.165, 1.54) is 77.0 Å². The molecule has 0 amide bonds. The number of hydrogen-bond acceptors (Lipinski definition) is 9. The minimum Gasteiger partial charge on any atom is -0.480 e. The van der Waals surface area contributed by atoms with Crippen LogP contribution < -0.4 is 5.73 Å². The number of unbranched alkanes of at least 4 members (excludes halogenated alkanes) is 15. The second-order valence-electron chi connectivity index (χ2n) is 13.8. The molecule has 0 fully saturated rings. The van der Waals surface area contributed by atoms with Gasteiger partial charge in [-0.1, -0.05) is 171 Å². The number of nitrogens with two attached hydrogens (primary N) is 1. The lowest BCUT2D eigenvalue weighted by Gasteiger charge is -2.20. The number of phosphoric acid groups is 1. The van der Waals surface area contributed by atoms with Crippen molar-refractivity contribution in [3.05, 3.63) is 60.8 Å². The molecule has 0 aromatic rings. The van der Waals surface area contributed by atoms with Crippen LogP contribution in [0.5, 0.6) is 0 Å². The summed E-state index contributed by atoms with van der Waals surface area (Å²) in [5.74, 6) is -2.54. The van der Waals surface area contributed by atoms with E-state index in [0.717, 1.165) is 44.9 Å². The van der Waals surface area contributed by atoms with Crippen LogP contribution >= 0.6 is 7.82 Å². The first kappa shape index (κ1) is 52.2. The monoisotopic (exact) mass is 796 g/mol. The predicted molar refractivity (Wildman–Crippen MR) is 221 cm³/mol. The molecule has 0 saturated carbocycles. The Labute approximate surface area is 332 Å². The van der Waals surface area contributed by atoms with Gasteiger partial charge >= 0.3 is 25.7 Å². The highest BCUT2D eigenvalue weighted by atomic mass is 31.2. The lowest BCUT2D eigenvalue weighted by atomic mass is 10.0. The molecule has 0 radical (unpaired) electrons. The molecule has 11 nitrogen and oxygen atoms in total. The van der Waals surface area contributed by atoms with Gasteiger partial charge < -0.3 is 25.2 Å². The average molecular weight is 796 g/mol. The SMILES string of the molecule is CC/C=C\C/C=C\C/C=C\C/C=C\C/C=C\CC(=O)OC(COC(=O)CCCCCCCCCCCCCCCCCC)COP(=O)(O)OCC(N)C(=O)O. The van der Waals surface area contributed by atoms with Crippen molar-refractivity contribution in [3.63, 3.8) is 0 Å². The van der Waals surface area contributed by atoms with Gasteiger partial charge in [0.2, 0.25) is 0 Å². The molecular weight excluding hydrogens is 721 g/mol. The van der Waals surface area contributed by atoms with Gasteiger partial charge in [0.25, 0.3) is 0 Å². The second-order valence-corrected chi connectivity index (χ2v) is 15.2. The van der Waals surface area contributed by atoms with Gasteiger partial charge in [-0.3, -0.25) is 23.4 Å². The molecule has 0 saturated heterocycles. The van der Waals surface area contributed by atoms with Crippen molar-refractivity contribution in [2.45, 2.75) is 174 Å². The Bertz CT molecular complexity index is 1170. The van der Waals surface area contributed by atoms with Crippen LogP contribution in [0.1, 0.15) is 162 Å². The summed E-state index contributed by atoms with van der Waals surface area (Å²) >= 11 is 0. The van der Waals surface area contributed by atoms with Crippen LogP contribution in [0.2, 0.25) is 0 Å². The van der Waals surface area contributed by atoms with E-state index in [9.17, 15) is 23.8 Å². The quantitative estimate of drug-likeness (QED) is 0.0235. The number of rotatable bonds is 38. The Morgan fingerprint density at radius 2 is 1.00 bits per heavy atom. The van der Waals surface area contributed by atoms with E-state index in [1.807, 2.05) is 18.2 Å². The number of phosphoric ester groups is 1. The lowest BCUT2D eigenvalue weighted by molar-refractivity contribution is -0.160. The molecule has 0 heterocycles. The van der Waals surface area contributed by atoms with Gasteiger partial charge in [0, 0.05) is 6.42 Å². The average Bonchev–Trinajstić information content (AvgIpc) is 3.16. The molecule has 0 aromatic carbocycles. The number of esters is 2. The van der Waals surface area contributed by atoms with E-state index in [1.54, 1.807) is 6.08 Å². The molecule has 4 N–H and O–H groups in total. The first-order chi connectivity index (χ1) is 26.6. The lowest BCUT2D eigenvalue weighted by Crippen LogP contribution is -2.34. The van der Waals surface area contributed by atoms with Gasteiger partial charge in [-0.25, -0.2) is 4.57 Å². The van der Waals surface area contributed by atoms with Gasteiger partial charge in [0.15, 0.2) is 6.10 Å². The fourth-order valence-corrected chi connectivity index (χ4v) is 6.09. The van der Waals surface area contributed by atoms with Crippen molar-refractivity contribution in [3.8, 4) is 0 Å². The van der Waals surface area contributed by atoms with E-state index in [4.69, 9.17) is 24.8 Å². The third-order valence-electron chi connectivity index (χ3n) is 8.56. The van der Waals surface area contributed by atoms with Crippen LogP contribution in [0.4, 0.5) is 0 Å². The molecule has 316 valence electrons. The third-order valence-corrected chi connectivity index (χ3v) is 9.51. The van der Waals surface area contributed by atoms with Crippen molar-refractivity contribution >= 4 is 25.7 Å². The van der Waals surface area contributed by atoms with E-state index >= 15 is 0 Å². The normalized spacial score (nSPS) is 14.4. The maximum absolute atomic E-state index is 12.5. The summed E-state index contributed by atoms with van der Waals surface area (Å²) in [5, 5.41) is 8.87.